The SMILES string of the molecule is COC(C)(C)CC(C)NC(C)c1cccnc1. The molecule has 0 aliphatic heterocycles. The van der Waals surface area contributed by atoms with Gasteiger partial charge in [-0.1, -0.05) is 6.07 Å². The Hall–Kier alpha value is -0.930. The summed E-state index contributed by atoms with van der Waals surface area (Å²) < 4.78 is 5.44. The van der Waals surface area contributed by atoms with Crippen LogP contribution in [-0.2, 0) is 4.74 Å². The molecule has 0 saturated heterocycles. The van der Waals surface area contributed by atoms with Crippen molar-refractivity contribution in [1.82, 2.24) is 10.3 Å². The minimum absolute atomic E-state index is 0.0823. The highest BCUT2D eigenvalue weighted by atomic mass is 16.5. The molecule has 0 radical (unpaired) electrons. The third-order valence-corrected chi connectivity index (χ3v) is 3.07. The average Bonchev–Trinajstić information content (AvgIpc) is 2.29. The Morgan fingerprint density at radius 3 is 2.65 bits per heavy atom. The molecular formula is C14H24N2O. The number of nitrogens with one attached hydrogen (secondary N) is 1. The molecule has 0 saturated carbocycles. The van der Waals surface area contributed by atoms with Crippen LogP contribution < -0.4 is 5.32 Å². The lowest BCUT2D eigenvalue weighted by molar-refractivity contribution is 0.00782. The fourth-order valence-corrected chi connectivity index (χ4v) is 2.03. The number of rotatable bonds is 6. The standard InChI is InChI=1S/C14H24N2O/c1-11(9-14(3,4)17-5)16-12(2)13-7-6-8-15-10-13/h6-8,10-12,16H,9H2,1-5H3. The van der Waals surface area contributed by atoms with Crippen molar-refractivity contribution in [3.8, 4) is 0 Å². The minimum Gasteiger partial charge on any atom is -0.379 e. The monoisotopic (exact) mass is 236 g/mol. The van der Waals surface area contributed by atoms with E-state index in [0.29, 0.717) is 12.1 Å². The number of ether oxygens (including phenoxy) is 1. The highest BCUT2D eigenvalue weighted by molar-refractivity contribution is 5.12. The van der Waals surface area contributed by atoms with Gasteiger partial charge in [-0.3, -0.25) is 4.98 Å². The van der Waals surface area contributed by atoms with Crippen molar-refractivity contribution in [1.29, 1.82) is 0 Å². The van der Waals surface area contributed by atoms with Crippen LogP contribution in [0.3, 0.4) is 0 Å². The molecule has 96 valence electrons. The predicted octanol–water partition coefficient (Wildman–Crippen LogP) is 2.94. The van der Waals surface area contributed by atoms with Crippen LogP contribution in [0.4, 0.5) is 0 Å². The van der Waals surface area contributed by atoms with Crippen molar-refractivity contribution in [3.05, 3.63) is 30.1 Å². The van der Waals surface area contributed by atoms with Crippen LogP contribution in [0.5, 0.6) is 0 Å². The van der Waals surface area contributed by atoms with E-state index in [0.717, 1.165) is 6.42 Å². The highest BCUT2D eigenvalue weighted by Crippen LogP contribution is 2.18. The fraction of sp³-hybridized carbons (Fsp3) is 0.643. The third-order valence-electron chi connectivity index (χ3n) is 3.07. The Morgan fingerprint density at radius 2 is 2.12 bits per heavy atom. The van der Waals surface area contributed by atoms with Gasteiger partial charge in [-0.05, 0) is 45.7 Å². The average molecular weight is 236 g/mol. The molecule has 1 heterocycles. The lowest BCUT2D eigenvalue weighted by Gasteiger charge is -2.29. The van der Waals surface area contributed by atoms with Gasteiger partial charge in [0.2, 0.25) is 0 Å². The number of hydrogen-bond acceptors (Lipinski definition) is 3. The van der Waals surface area contributed by atoms with Crippen molar-refractivity contribution in [2.45, 2.75) is 51.8 Å². The number of aromatic nitrogens is 1. The van der Waals surface area contributed by atoms with Gasteiger partial charge in [0.25, 0.3) is 0 Å². The first-order valence-corrected chi connectivity index (χ1v) is 6.16. The second-order valence-electron chi connectivity index (χ2n) is 5.24. The summed E-state index contributed by atoms with van der Waals surface area (Å²) in [6, 6.07) is 4.78. The molecule has 0 spiro atoms. The van der Waals surface area contributed by atoms with E-state index in [1.54, 1.807) is 13.3 Å². The van der Waals surface area contributed by atoms with Crippen LogP contribution >= 0.6 is 0 Å². The normalized spacial score (nSPS) is 15.6. The van der Waals surface area contributed by atoms with E-state index >= 15 is 0 Å². The van der Waals surface area contributed by atoms with Crippen molar-refractivity contribution in [2.75, 3.05) is 7.11 Å². The zero-order chi connectivity index (χ0) is 12.9. The Balaban J connectivity index is 2.49. The van der Waals surface area contributed by atoms with E-state index in [1.807, 2.05) is 12.3 Å². The zero-order valence-corrected chi connectivity index (χ0v) is 11.5. The Kier molecular flexibility index (Phi) is 5.09. The molecule has 3 nitrogen and oxygen atoms in total. The van der Waals surface area contributed by atoms with E-state index in [1.165, 1.54) is 5.56 Å². The number of nitrogens with zero attached hydrogens (tertiary/aromatic N) is 1. The van der Waals surface area contributed by atoms with Gasteiger partial charge in [0.15, 0.2) is 0 Å². The van der Waals surface area contributed by atoms with Gasteiger partial charge < -0.3 is 10.1 Å². The van der Waals surface area contributed by atoms with E-state index in [2.05, 4.69) is 44.1 Å². The summed E-state index contributed by atoms with van der Waals surface area (Å²) in [5, 5.41) is 3.57. The summed E-state index contributed by atoms with van der Waals surface area (Å²) in [7, 11) is 1.76. The van der Waals surface area contributed by atoms with E-state index in [-0.39, 0.29) is 5.60 Å². The molecule has 1 aromatic rings. The molecule has 3 heteroatoms. The van der Waals surface area contributed by atoms with Gasteiger partial charge in [0, 0.05) is 31.6 Å². The zero-order valence-electron chi connectivity index (χ0n) is 11.5. The van der Waals surface area contributed by atoms with Gasteiger partial charge >= 0.3 is 0 Å². The summed E-state index contributed by atoms with van der Waals surface area (Å²) in [6.45, 7) is 8.57. The molecule has 0 bridgehead atoms. The molecule has 1 aromatic heterocycles. The molecule has 0 fully saturated rings. The molecule has 1 rings (SSSR count). The molecular weight excluding hydrogens is 212 g/mol. The van der Waals surface area contributed by atoms with Crippen molar-refractivity contribution < 1.29 is 4.74 Å². The molecule has 1 N–H and O–H groups in total. The van der Waals surface area contributed by atoms with Crippen molar-refractivity contribution in [2.24, 2.45) is 0 Å². The molecule has 0 aliphatic carbocycles. The van der Waals surface area contributed by atoms with Crippen LogP contribution in [0, 0.1) is 0 Å². The summed E-state index contributed by atoms with van der Waals surface area (Å²) >= 11 is 0. The highest BCUT2D eigenvalue weighted by Gasteiger charge is 2.21. The van der Waals surface area contributed by atoms with Crippen LogP contribution in [0.1, 0.15) is 45.7 Å². The molecule has 0 aromatic carbocycles. The maximum atomic E-state index is 5.44. The molecule has 2 atom stereocenters. The van der Waals surface area contributed by atoms with Gasteiger partial charge in [0.05, 0.1) is 5.60 Å². The first-order valence-electron chi connectivity index (χ1n) is 6.16. The number of methoxy groups -OCH3 is 1. The van der Waals surface area contributed by atoms with Crippen molar-refractivity contribution >= 4 is 0 Å². The molecule has 0 aliphatic rings. The topological polar surface area (TPSA) is 34.1 Å². The smallest absolute Gasteiger partial charge is 0.0637 e. The van der Waals surface area contributed by atoms with Gasteiger partial charge in [-0.25, -0.2) is 0 Å². The van der Waals surface area contributed by atoms with Crippen molar-refractivity contribution in [3.63, 3.8) is 0 Å². The number of pyridine rings is 1. The van der Waals surface area contributed by atoms with Gasteiger partial charge in [-0.15, -0.1) is 0 Å². The largest absolute Gasteiger partial charge is 0.379 e. The maximum Gasteiger partial charge on any atom is 0.0637 e. The van der Waals surface area contributed by atoms with Crippen LogP contribution in [0.25, 0.3) is 0 Å². The van der Waals surface area contributed by atoms with E-state index in [9.17, 15) is 0 Å². The lowest BCUT2D eigenvalue weighted by atomic mass is 9.98. The Labute approximate surface area is 105 Å². The summed E-state index contributed by atoms with van der Waals surface area (Å²) in [5.74, 6) is 0. The molecule has 2 unspecified atom stereocenters. The first-order chi connectivity index (χ1) is 7.94. The maximum absolute atomic E-state index is 5.44. The van der Waals surface area contributed by atoms with E-state index in [4.69, 9.17) is 4.74 Å². The van der Waals surface area contributed by atoms with Gasteiger partial charge in [0.1, 0.15) is 0 Å². The second kappa shape index (κ2) is 6.12. The van der Waals surface area contributed by atoms with Crippen LogP contribution in [0.2, 0.25) is 0 Å². The second-order valence-corrected chi connectivity index (χ2v) is 5.24. The van der Waals surface area contributed by atoms with E-state index < -0.39 is 0 Å². The summed E-state index contributed by atoms with van der Waals surface area (Å²) in [6.07, 6.45) is 4.69. The third kappa shape index (κ3) is 4.84. The predicted molar refractivity (Wildman–Crippen MR) is 71.0 cm³/mol. The lowest BCUT2D eigenvalue weighted by Crippen LogP contribution is -2.36. The minimum atomic E-state index is -0.0823. The van der Waals surface area contributed by atoms with Gasteiger partial charge in [-0.2, -0.15) is 0 Å². The fourth-order valence-electron chi connectivity index (χ4n) is 2.03. The first kappa shape index (κ1) is 14.1. The van der Waals surface area contributed by atoms with Crippen LogP contribution in [0.15, 0.2) is 24.5 Å². The Bertz CT molecular complexity index is 324. The summed E-state index contributed by atoms with van der Waals surface area (Å²) in [5.41, 5.74) is 1.13. The summed E-state index contributed by atoms with van der Waals surface area (Å²) in [4.78, 5) is 4.14. The van der Waals surface area contributed by atoms with Crippen LogP contribution in [-0.4, -0.2) is 23.7 Å². The molecule has 17 heavy (non-hydrogen) atoms. The molecule has 0 amide bonds. The quantitative estimate of drug-likeness (QED) is 0.824. The Morgan fingerprint density at radius 1 is 1.41 bits per heavy atom. The number of hydrogen-bond donors (Lipinski definition) is 1.